The lowest BCUT2D eigenvalue weighted by Gasteiger charge is -2.41. The summed E-state index contributed by atoms with van der Waals surface area (Å²) in [6.07, 6.45) is 1.50. The minimum absolute atomic E-state index is 0.0105. The van der Waals surface area contributed by atoms with E-state index in [9.17, 15) is 24.6 Å². The van der Waals surface area contributed by atoms with Gasteiger partial charge in [-0.25, -0.2) is 4.79 Å². The van der Waals surface area contributed by atoms with Crippen LogP contribution in [0.4, 0.5) is 0 Å². The third-order valence-electron chi connectivity index (χ3n) is 6.28. The number of carboxylic acids is 2. The Kier molecular flexibility index (Phi) is 6.74. The first kappa shape index (κ1) is 23.5. The van der Waals surface area contributed by atoms with Crippen molar-refractivity contribution >= 4 is 29.5 Å². The van der Waals surface area contributed by atoms with Gasteiger partial charge in [0.1, 0.15) is 5.41 Å². The van der Waals surface area contributed by atoms with Crippen molar-refractivity contribution < 1.29 is 29.3 Å². The molecule has 0 saturated heterocycles. The highest BCUT2D eigenvalue weighted by Gasteiger charge is 2.54. The van der Waals surface area contributed by atoms with Crippen LogP contribution in [0.3, 0.4) is 0 Å². The van der Waals surface area contributed by atoms with E-state index >= 15 is 0 Å². The fourth-order valence-corrected chi connectivity index (χ4v) is 4.61. The van der Waals surface area contributed by atoms with E-state index in [2.05, 4.69) is 0 Å². The summed E-state index contributed by atoms with van der Waals surface area (Å²) in [4.78, 5) is 36.8. The Labute approximate surface area is 191 Å². The van der Waals surface area contributed by atoms with Crippen molar-refractivity contribution in [2.24, 2.45) is 10.8 Å². The summed E-state index contributed by atoms with van der Waals surface area (Å²) in [6.45, 7) is 1.50. The summed E-state index contributed by atoms with van der Waals surface area (Å²) < 4.78 is 4.82. The molecule has 1 aliphatic rings. The summed E-state index contributed by atoms with van der Waals surface area (Å²) in [5.74, 6) is -3.11. The molecule has 2 aromatic rings. The number of esters is 1. The Balaban J connectivity index is 1.95. The third-order valence-corrected chi connectivity index (χ3v) is 6.63. The van der Waals surface area contributed by atoms with Crippen molar-refractivity contribution in [3.05, 3.63) is 70.8 Å². The highest BCUT2D eigenvalue weighted by Crippen LogP contribution is 2.50. The Morgan fingerprint density at radius 3 is 2.28 bits per heavy atom. The molecule has 3 rings (SSSR count). The molecule has 0 radical (unpaired) electrons. The van der Waals surface area contributed by atoms with Crippen LogP contribution in [0.25, 0.3) is 11.1 Å². The molecule has 2 aromatic carbocycles. The SMILES string of the molecule is COC(=O)C1=CCC(C)(C(=O)O)CC1(CCc1ccc(-c2ccccc2)cc1Cl)C(=O)O. The first-order chi connectivity index (χ1) is 15.1. The molecular weight excluding hydrogens is 432 g/mol. The van der Waals surface area contributed by atoms with E-state index in [1.54, 1.807) is 0 Å². The number of hydrogen-bond acceptors (Lipinski definition) is 4. The summed E-state index contributed by atoms with van der Waals surface area (Å²) >= 11 is 6.51. The smallest absolute Gasteiger partial charge is 0.334 e. The lowest BCUT2D eigenvalue weighted by molar-refractivity contribution is -0.159. The van der Waals surface area contributed by atoms with Gasteiger partial charge in [0.05, 0.1) is 18.1 Å². The fraction of sp³-hybridized carbons (Fsp3) is 0.320. The molecule has 0 amide bonds. The molecule has 6 nitrogen and oxygen atoms in total. The molecule has 0 spiro atoms. The first-order valence-corrected chi connectivity index (χ1v) is 10.6. The molecular formula is C25H25ClO6. The minimum Gasteiger partial charge on any atom is -0.481 e. The van der Waals surface area contributed by atoms with Gasteiger partial charge in [-0.05, 0) is 55.4 Å². The summed E-state index contributed by atoms with van der Waals surface area (Å²) in [6, 6.07) is 15.3. The van der Waals surface area contributed by atoms with Gasteiger partial charge in [0, 0.05) is 5.02 Å². The molecule has 0 bridgehead atoms. The lowest BCUT2D eigenvalue weighted by atomic mass is 9.60. The number of allylic oxidation sites excluding steroid dienone is 1. The van der Waals surface area contributed by atoms with Gasteiger partial charge in [0.15, 0.2) is 0 Å². The van der Waals surface area contributed by atoms with Gasteiger partial charge in [-0.3, -0.25) is 9.59 Å². The average molecular weight is 457 g/mol. The number of benzene rings is 2. The lowest BCUT2D eigenvalue weighted by Crippen LogP contribution is -2.46. The molecule has 168 valence electrons. The van der Waals surface area contributed by atoms with Crippen molar-refractivity contribution in [2.45, 2.75) is 32.6 Å². The largest absolute Gasteiger partial charge is 0.481 e. The van der Waals surface area contributed by atoms with Gasteiger partial charge in [-0.2, -0.15) is 0 Å². The molecule has 2 N–H and O–H groups in total. The fourth-order valence-electron chi connectivity index (χ4n) is 4.34. The van der Waals surface area contributed by atoms with Crippen LogP contribution < -0.4 is 0 Å². The number of halogens is 1. The molecule has 2 unspecified atom stereocenters. The Morgan fingerprint density at radius 1 is 1.03 bits per heavy atom. The zero-order chi connectivity index (χ0) is 23.5. The second-order valence-corrected chi connectivity index (χ2v) is 8.82. The number of ether oxygens (including phenoxy) is 1. The van der Waals surface area contributed by atoms with E-state index in [1.807, 2.05) is 48.5 Å². The maximum Gasteiger partial charge on any atom is 0.334 e. The number of aryl methyl sites for hydroxylation is 1. The zero-order valence-electron chi connectivity index (χ0n) is 17.9. The molecule has 0 fully saturated rings. The predicted molar refractivity (Wildman–Crippen MR) is 120 cm³/mol. The Morgan fingerprint density at radius 2 is 1.72 bits per heavy atom. The van der Waals surface area contributed by atoms with Crippen molar-refractivity contribution in [3.63, 3.8) is 0 Å². The molecule has 0 aromatic heterocycles. The van der Waals surface area contributed by atoms with Crippen LogP contribution in [-0.4, -0.2) is 35.2 Å². The normalized spacial score (nSPS) is 22.7. The van der Waals surface area contributed by atoms with Crippen LogP contribution in [-0.2, 0) is 25.5 Å². The first-order valence-electron chi connectivity index (χ1n) is 10.2. The summed E-state index contributed by atoms with van der Waals surface area (Å²) in [5.41, 5.74) is -0.361. The average Bonchev–Trinajstić information content (AvgIpc) is 2.78. The summed E-state index contributed by atoms with van der Waals surface area (Å²) in [5, 5.41) is 20.4. The second-order valence-electron chi connectivity index (χ2n) is 8.42. The van der Waals surface area contributed by atoms with Gasteiger partial charge >= 0.3 is 17.9 Å². The van der Waals surface area contributed by atoms with E-state index in [1.165, 1.54) is 20.1 Å². The minimum atomic E-state index is -1.69. The molecule has 0 aliphatic heterocycles. The zero-order valence-corrected chi connectivity index (χ0v) is 18.7. The van der Waals surface area contributed by atoms with Crippen LogP contribution in [0.5, 0.6) is 0 Å². The predicted octanol–water partition coefficient (Wildman–Crippen LogP) is 4.99. The number of aliphatic carboxylic acids is 2. The quantitative estimate of drug-likeness (QED) is 0.569. The van der Waals surface area contributed by atoms with Crippen molar-refractivity contribution in [2.75, 3.05) is 7.11 Å². The number of carbonyl (C=O) groups is 3. The number of methoxy groups -OCH3 is 1. The van der Waals surface area contributed by atoms with Gasteiger partial charge in [0.25, 0.3) is 0 Å². The van der Waals surface area contributed by atoms with Gasteiger partial charge in [-0.1, -0.05) is 60.1 Å². The second kappa shape index (κ2) is 9.17. The van der Waals surface area contributed by atoms with Crippen LogP contribution in [0.2, 0.25) is 5.02 Å². The Bertz CT molecular complexity index is 1080. The van der Waals surface area contributed by atoms with E-state index in [-0.39, 0.29) is 31.3 Å². The van der Waals surface area contributed by atoms with Crippen molar-refractivity contribution in [1.29, 1.82) is 0 Å². The number of hydrogen-bond donors (Lipinski definition) is 2. The highest BCUT2D eigenvalue weighted by molar-refractivity contribution is 6.31. The molecule has 7 heteroatoms. The van der Waals surface area contributed by atoms with Crippen LogP contribution in [0.1, 0.15) is 31.7 Å². The maximum absolute atomic E-state index is 12.5. The highest BCUT2D eigenvalue weighted by atomic mass is 35.5. The van der Waals surface area contributed by atoms with E-state index in [0.717, 1.165) is 16.7 Å². The van der Waals surface area contributed by atoms with E-state index < -0.39 is 28.7 Å². The standard InChI is InChI=1S/C25H25ClO6/c1-24(22(28)29)12-11-19(21(27)32-2)25(15-24,23(30)31)13-10-17-8-9-18(14-20(17)26)16-6-4-3-5-7-16/h3-9,11,14H,10,12-13,15H2,1-2H3,(H,28,29)(H,30,31). The Hall–Kier alpha value is -3.12. The van der Waals surface area contributed by atoms with E-state index in [4.69, 9.17) is 16.3 Å². The number of rotatable bonds is 7. The molecule has 0 heterocycles. The van der Waals surface area contributed by atoms with Gasteiger partial charge in [0.2, 0.25) is 0 Å². The topological polar surface area (TPSA) is 101 Å². The molecule has 2 atom stereocenters. The summed E-state index contributed by atoms with van der Waals surface area (Å²) in [7, 11) is 1.18. The van der Waals surface area contributed by atoms with Crippen molar-refractivity contribution in [3.8, 4) is 11.1 Å². The number of carboxylic acid groups (broad SMARTS) is 2. The maximum atomic E-state index is 12.5. The van der Waals surface area contributed by atoms with Gasteiger partial charge in [-0.15, -0.1) is 0 Å². The molecule has 1 aliphatic carbocycles. The monoisotopic (exact) mass is 456 g/mol. The van der Waals surface area contributed by atoms with Crippen molar-refractivity contribution in [1.82, 2.24) is 0 Å². The number of carbonyl (C=O) groups excluding carboxylic acids is 1. The van der Waals surface area contributed by atoms with Crippen LogP contribution in [0.15, 0.2) is 60.2 Å². The molecule has 0 saturated carbocycles. The molecule has 32 heavy (non-hydrogen) atoms. The van der Waals surface area contributed by atoms with Crippen LogP contribution in [0, 0.1) is 10.8 Å². The third kappa shape index (κ3) is 4.41. The van der Waals surface area contributed by atoms with E-state index in [0.29, 0.717) is 5.02 Å². The van der Waals surface area contributed by atoms with Crippen LogP contribution >= 0.6 is 11.6 Å². The van der Waals surface area contributed by atoms with Gasteiger partial charge < -0.3 is 14.9 Å².